The monoisotopic (exact) mass is 201 g/mol. The quantitative estimate of drug-likeness (QED) is 0.611. The van der Waals surface area contributed by atoms with Crippen LogP contribution < -0.4 is 5.32 Å². The Labute approximate surface area is 87.2 Å². The average molecular weight is 201 g/mol. The standard InChI is InChI=1S/C11H23NO2/c1-4-7-10(12-8-5-2)9-11(13)14-6-3/h10,12H,4-9H2,1-3H3. The van der Waals surface area contributed by atoms with Gasteiger partial charge in [0.15, 0.2) is 0 Å². The number of hydrogen-bond acceptors (Lipinski definition) is 3. The minimum absolute atomic E-state index is 0.0884. The number of rotatable bonds is 8. The van der Waals surface area contributed by atoms with E-state index in [4.69, 9.17) is 4.74 Å². The van der Waals surface area contributed by atoms with Crippen LogP contribution in [0.4, 0.5) is 0 Å². The van der Waals surface area contributed by atoms with Gasteiger partial charge in [0.25, 0.3) is 0 Å². The van der Waals surface area contributed by atoms with Gasteiger partial charge in [0.2, 0.25) is 0 Å². The van der Waals surface area contributed by atoms with E-state index < -0.39 is 0 Å². The summed E-state index contributed by atoms with van der Waals surface area (Å²) in [6.07, 6.45) is 3.74. The Balaban J connectivity index is 3.75. The largest absolute Gasteiger partial charge is 0.466 e. The molecule has 14 heavy (non-hydrogen) atoms. The van der Waals surface area contributed by atoms with E-state index in [0.29, 0.717) is 19.1 Å². The molecule has 0 heterocycles. The molecule has 84 valence electrons. The Kier molecular flexibility index (Phi) is 8.64. The molecule has 1 N–H and O–H groups in total. The highest BCUT2D eigenvalue weighted by Crippen LogP contribution is 2.03. The Morgan fingerprint density at radius 3 is 2.50 bits per heavy atom. The highest BCUT2D eigenvalue weighted by atomic mass is 16.5. The van der Waals surface area contributed by atoms with Crippen LogP contribution in [0.3, 0.4) is 0 Å². The molecule has 0 aliphatic heterocycles. The summed E-state index contributed by atoms with van der Waals surface area (Å²) in [5, 5.41) is 3.36. The lowest BCUT2D eigenvalue weighted by molar-refractivity contribution is -0.143. The van der Waals surface area contributed by atoms with Gasteiger partial charge < -0.3 is 10.1 Å². The van der Waals surface area contributed by atoms with E-state index in [1.807, 2.05) is 6.92 Å². The highest BCUT2D eigenvalue weighted by molar-refractivity contribution is 5.70. The van der Waals surface area contributed by atoms with Gasteiger partial charge in [-0.3, -0.25) is 4.79 Å². The zero-order valence-electron chi connectivity index (χ0n) is 9.64. The third-order valence-corrected chi connectivity index (χ3v) is 2.04. The molecule has 0 aliphatic carbocycles. The fraction of sp³-hybridized carbons (Fsp3) is 0.909. The van der Waals surface area contributed by atoms with Crippen LogP contribution in [-0.4, -0.2) is 25.2 Å². The molecule has 0 amide bonds. The fourth-order valence-electron chi connectivity index (χ4n) is 1.39. The van der Waals surface area contributed by atoms with Gasteiger partial charge in [-0.15, -0.1) is 0 Å². The van der Waals surface area contributed by atoms with Gasteiger partial charge in [-0.05, 0) is 26.3 Å². The molecule has 3 nitrogen and oxygen atoms in total. The second-order valence-corrected chi connectivity index (χ2v) is 3.45. The molecular weight excluding hydrogens is 178 g/mol. The molecule has 0 aromatic rings. The number of nitrogens with one attached hydrogen (secondary N) is 1. The van der Waals surface area contributed by atoms with Gasteiger partial charge in [0, 0.05) is 6.04 Å². The topological polar surface area (TPSA) is 38.3 Å². The molecule has 0 rings (SSSR count). The highest BCUT2D eigenvalue weighted by Gasteiger charge is 2.12. The maximum absolute atomic E-state index is 11.2. The van der Waals surface area contributed by atoms with E-state index in [2.05, 4.69) is 19.2 Å². The Bertz CT molecular complexity index is 148. The van der Waals surface area contributed by atoms with E-state index in [0.717, 1.165) is 25.8 Å². The first-order valence-corrected chi connectivity index (χ1v) is 5.63. The van der Waals surface area contributed by atoms with Crippen molar-refractivity contribution in [2.45, 2.75) is 52.5 Å². The Hall–Kier alpha value is -0.570. The molecule has 0 bridgehead atoms. The maximum atomic E-state index is 11.2. The predicted octanol–water partition coefficient (Wildman–Crippen LogP) is 2.11. The van der Waals surface area contributed by atoms with Crippen molar-refractivity contribution in [3.8, 4) is 0 Å². The van der Waals surface area contributed by atoms with Gasteiger partial charge in [-0.2, -0.15) is 0 Å². The van der Waals surface area contributed by atoms with Gasteiger partial charge in [-0.1, -0.05) is 20.3 Å². The summed E-state index contributed by atoms with van der Waals surface area (Å²) in [4.78, 5) is 11.2. The lowest BCUT2D eigenvalue weighted by Crippen LogP contribution is -2.32. The fourth-order valence-corrected chi connectivity index (χ4v) is 1.39. The van der Waals surface area contributed by atoms with Gasteiger partial charge in [0.1, 0.15) is 0 Å². The molecule has 3 heteroatoms. The second kappa shape index (κ2) is 9.00. The van der Waals surface area contributed by atoms with Gasteiger partial charge >= 0.3 is 5.97 Å². The predicted molar refractivity (Wildman–Crippen MR) is 58.2 cm³/mol. The summed E-state index contributed by atoms with van der Waals surface area (Å²) < 4.78 is 4.92. The van der Waals surface area contributed by atoms with Gasteiger partial charge in [0.05, 0.1) is 13.0 Å². The summed E-state index contributed by atoms with van der Waals surface area (Å²) in [6, 6.07) is 0.291. The maximum Gasteiger partial charge on any atom is 0.307 e. The third-order valence-electron chi connectivity index (χ3n) is 2.04. The van der Waals surface area contributed by atoms with Crippen molar-refractivity contribution in [1.82, 2.24) is 5.32 Å². The Morgan fingerprint density at radius 2 is 2.00 bits per heavy atom. The van der Waals surface area contributed by atoms with Crippen LogP contribution in [0.15, 0.2) is 0 Å². The lowest BCUT2D eigenvalue weighted by Gasteiger charge is -2.16. The van der Waals surface area contributed by atoms with Crippen molar-refractivity contribution in [2.24, 2.45) is 0 Å². The molecule has 1 atom stereocenters. The van der Waals surface area contributed by atoms with Crippen molar-refractivity contribution in [1.29, 1.82) is 0 Å². The van der Waals surface area contributed by atoms with Crippen molar-refractivity contribution in [3.05, 3.63) is 0 Å². The molecule has 0 spiro atoms. The van der Waals surface area contributed by atoms with E-state index in [1.165, 1.54) is 0 Å². The molecular formula is C11H23NO2. The minimum atomic E-state index is -0.0884. The Morgan fingerprint density at radius 1 is 1.29 bits per heavy atom. The molecule has 1 unspecified atom stereocenters. The molecule has 0 fully saturated rings. The SMILES string of the molecule is CCCNC(CCC)CC(=O)OCC. The normalized spacial score (nSPS) is 12.5. The smallest absolute Gasteiger partial charge is 0.307 e. The van der Waals surface area contributed by atoms with Crippen molar-refractivity contribution < 1.29 is 9.53 Å². The van der Waals surface area contributed by atoms with Crippen LogP contribution in [0.5, 0.6) is 0 Å². The zero-order chi connectivity index (χ0) is 10.8. The second-order valence-electron chi connectivity index (χ2n) is 3.45. The van der Waals surface area contributed by atoms with Crippen LogP contribution in [0, 0.1) is 0 Å². The molecule has 0 saturated heterocycles. The molecule has 0 aliphatic rings. The summed E-state index contributed by atoms with van der Waals surface area (Å²) in [5.41, 5.74) is 0. The zero-order valence-corrected chi connectivity index (χ0v) is 9.64. The summed E-state index contributed by atoms with van der Waals surface area (Å²) in [6.45, 7) is 7.55. The molecule has 0 aromatic carbocycles. The molecule has 0 saturated carbocycles. The van der Waals surface area contributed by atoms with Crippen LogP contribution in [-0.2, 0) is 9.53 Å². The third kappa shape index (κ3) is 6.89. The summed E-state index contributed by atoms with van der Waals surface area (Å²) in [5.74, 6) is -0.0884. The van der Waals surface area contributed by atoms with E-state index in [-0.39, 0.29) is 5.97 Å². The van der Waals surface area contributed by atoms with Crippen molar-refractivity contribution >= 4 is 5.97 Å². The van der Waals surface area contributed by atoms with Crippen molar-refractivity contribution in [3.63, 3.8) is 0 Å². The van der Waals surface area contributed by atoms with Crippen LogP contribution >= 0.6 is 0 Å². The number of carbonyl (C=O) groups excluding carboxylic acids is 1. The van der Waals surface area contributed by atoms with Gasteiger partial charge in [-0.25, -0.2) is 0 Å². The van der Waals surface area contributed by atoms with Crippen LogP contribution in [0.1, 0.15) is 46.5 Å². The molecule has 0 radical (unpaired) electrons. The first-order valence-electron chi connectivity index (χ1n) is 5.63. The number of ether oxygens (including phenoxy) is 1. The summed E-state index contributed by atoms with van der Waals surface area (Å²) >= 11 is 0. The van der Waals surface area contributed by atoms with Crippen LogP contribution in [0.25, 0.3) is 0 Å². The van der Waals surface area contributed by atoms with Crippen molar-refractivity contribution in [2.75, 3.05) is 13.2 Å². The summed E-state index contributed by atoms with van der Waals surface area (Å²) in [7, 11) is 0. The number of esters is 1. The van der Waals surface area contributed by atoms with Crippen LogP contribution in [0.2, 0.25) is 0 Å². The molecule has 0 aromatic heterocycles. The van der Waals surface area contributed by atoms with E-state index in [1.54, 1.807) is 0 Å². The minimum Gasteiger partial charge on any atom is -0.466 e. The first-order chi connectivity index (χ1) is 6.74. The first kappa shape index (κ1) is 13.4. The van der Waals surface area contributed by atoms with E-state index in [9.17, 15) is 4.79 Å². The number of hydrogen-bond donors (Lipinski definition) is 1. The lowest BCUT2D eigenvalue weighted by atomic mass is 10.1. The van der Waals surface area contributed by atoms with E-state index >= 15 is 0 Å². The average Bonchev–Trinajstić information content (AvgIpc) is 2.15. The number of carbonyl (C=O) groups is 1.